The van der Waals surface area contributed by atoms with Crippen molar-refractivity contribution in [1.29, 1.82) is 0 Å². The maximum absolute atomic E-state index is 12.6. The van der Waals surface area contributed by atoms with Gasteiger partial charge in [-0.25, -0.2) is 19.4 Å². The van der Waals surface area contributed by atoms with Gasteiger partial charge in [-0.15, -0.1) is 0 Å². The maximum Gasteiger partial charge on any atom is 0.336 e. The van der Waals surface area contributed by atoms with E-state index in [2.05, 4.69) is 9.78 Å². The minimum absolute atomic E-state index is 0.0191. The van der Waals surface area contributed by atoms with Crippen LogP contribution in [-0.4, -0.2) is 38.4 Å². The first-order valence-corrected chi connectivity index (χ1v) is 7.19. The lowest BCUT2D eigenvalue weighted by molar-refractivity contribution is -0.258. The summed E-state index contributed by atoms with van der Waals surface area (Å²) in [4.78, 5) is 43.0. The molecule has 0 aliphatic heterocycles. The molecular formula is C17H14O9. The number of rotatable bonds is 8. The van der Waals surface area contributed by atoms with Crippen LogP contribution < -0.4 is 0 Å². The molecule has 0 atom stereocenters. The van der Waals surface area contributed by atoms with E-state index in [0.29, 0.717) is 11.1 Å². The Morgan fingerprint density at radius 2 is 1.27 bits per heavy atom. The van der Waals surface area contributed by atoms with Crippen molar-refractivity contribution in [1.82, 2.24) is 0 Å². The second-order valence-electron chi connectivity index (χ2n) is 5.23. The minimum Gasteiger partial charge on any atom is -0.478 e. The van der Waals surface area contributed by atoms with Gasteiger partial charge in [0.1, 0.15) is 13.2 Å². The summed E-state index contributed by atoms with van der Waals surface area (Å²) in [5.41, 5.74) is 0.0255. The van der Waals surface area contributed by atoms with Gasteiger partial charge in [-0.05, 0) is 29.3 Å². The van der Waals surface area contributed by atoms with Crippen LogP contribution in [0.5, 0.6) is 0 Å². The number of ketones is 1. The van der Waals surface area contributed by atoms with E-state index < -0.39 is 28.8 Å². The molecule has 0 heterocycles. The molecule has 9 nitrogen and oxygen atoms in total. The Bertz CT molecular complexity index is 857. The van der Waals surface area contributed by atoms with Crippen molar-refractivity contribution in [2.45, 2.75) is 13.2 Å². The molecule has 0 radical (unpaired) electrons. The van der Waals surface area contributed by atoms with E-state index in [0.717, 1.165) is 12.1 Å². The summed E-state index contributed by atoms with van der Waals surface area (Å²) in [6.45, 7) is -0.457. The van der Waals surface area contributed by atoms with Gasteiger partial charge in [-0.2, -0.15) is 0 Å². The number of carboxylic acid groups (broad SMARTS) is 2. The van der Waals surface area contributed by atoms with Crippen LogP contribution in [0.25, 0.3) is 0 Å². The highest BCUT2D eigenvalue weighted by atomic mass is 17.1. The average Bonchev–Trinajstić information content (AvgIpc) is 2.62. The van der Waals surface area contributed by atoms with Gasteiger partial charge in [-0.1, -0.05) is 18.2 Å². The van der Waals surface area contributed by atoms with Crippen LogP contribution in [0.1, 0.15) is 47.8 Å². The molecule has 0 aliphatic carbocycles. The van der Waals surface area contributed by atoms with Crippen LogP contribution in [-0.2, 0) is 23.0 Å². The fraction of sp³-hybridized carbons (Fsp3) is 0.118. The normalized spacial score (nSPS) is 10.5. The fourth-order valence-corrected chi connectivity index (χ4v) is 2.40. The van der Waals surface area contributed by atoms with E-state index in [1.165, 1.54) is 24.3 Å². The quantitative estimate of drug-likeness (QED) is 0.315. The first-order valence-electron chi connectivity index (χ1n) is 7.19. The van der Waals surface area contributed by atoms with Gasteiger partial charge in [-0.3, -0.25) is 15.3 Å². The lowest BCUT2D eigenvalue weighted by Crippen LogP contribution is -2.11. The zero-order valence-corrected chi connectivity index (χ0v) is 13.2. The van der Waals surface area contributed by atoms with E-state index in [1.807, 2.05) is 0 Å². The Labute approximate surface area is 146 Å². The first kappa shape index (κ1) is 19.2. The fourth-order valence-electron chi connectivity index (χ4n) is 2.40. The SMILES string of the molecule is O=C(c1ccc(COO)c(COO)c1)c1ccc(C(=O)O)c(C(=O)O)c1. The summed E-state index contributed by atoms with van der Waals surface area (Å²) in [5, 5.41) is 35.3. The largest absolute Gasteiger partial charge is 0.478 e. The van der Waals surface area contributed by atoms with Gasteiger partial charge in [0, 0.05) is 11.1 Å². The number of hydrogen-bond acceptors (Lipinski definition) is 7. The van der Waals surface area contributed by atoms with Crippen LogP contribution in [0.15, 0.2) is 36.4 Å². The van der Waals surface area contributed by atoms with Crippen molar-refractivity contribution < 1.29 is 44.9 Å². The predicted octanol–water partition coefficient (Wildman–Crippen LogP) is 2.29. The Morgan fingerprint density at radius 3 is 1.85 bits per heavy atom. The second kappa shape index (κ2) is 8.32. The topological polar surface area (TPSA) is 151 Å². The number of hydrogen-bond donors (Lipinski definition) is 4. The van der Waals surface area contributed by atoms with E-state index in [9.17, 15) is 14.4 Å². The molecule has 136 valence electrons. The molecule has 26 heavy (non-hydrogen) atoms. The van der Waals surface area contributed by atoms with Gasteiger partial charge in [0.15, 0.2) is 5.78 Å². The lowest BCUT2D eigenvalue weighted by Gasteiger charge is -2.10. The molecule has 2 aromatic rings. The van der Waals surface area contributed by atoms with Crippen molar-refractivity contribution in [3.63, 3.8) is 0 Å². The van der Waals surface area contributed by atoms with Crippen molar-refractivity contribution in [2.75, 3.05) is 0 Å². The molecule has 0 fully saturated rings. The summed E-state index contributed by atoms with van der Waals surface area (Å²) >= 11 is 0. The Kier molecular flexibility index (Phi) is 6.15. The molecule has 4 N–H and O–H groups in total. The Morgan fingerprint density at radius 1 is 0.731 bits per heavy atom. The highest BCUT2D eigenvalue weighted by Crippen LogP contribution is 2.20. The van der Waals surface area contributed by atoms with Crippen molar-refractivity contribution in [2.24, 2.45) is 0 Å². The smallest absolute Gasteiger partial charge is 0.336 e. The molecule has 0 unspecified atom stereocenters. The first-order chi connectivity index (χ1) is 12.4. The average molecular weight is 362 g/mol. The minimum atomic E-state index is -1.47. The highest BCUT2D eigenvalue weighted by Gasteiger charge is 2.20. The molecular weight excluding hydrogens is 348 g/mol. The number of carbonyl (C=O) groups excluding carboxylic acids is 1. The Hall–Kier alpha value is -3.11. The van der Waals surface area contributed by atoms with Crippen molar-refractivity contribution in [3.8, 4) is 0 Å². The molecule has 9 heteroatoms. The van der Waals surface area contributed by atoms with Crippen molar-refractivity contribution >= 4 is 17.7 Å². The van der Waals surface area contributed by atoms with Gasteiger partial charge in [0.05, 0.1) is 11.1 Å². The molecule has 2 aromatic carbocycles. The van der Waals surface area contributed by atoms with E-state index in [1.54, 1.807) is 0 Å². The zero-order valence-electron chi connectivity index (χ0n) is 13.2. The van der Waals surface area contributed by atoms with Gasteiger partial charge in [0.2, 0.25) is 0 Å². The van der Waals surface area contributed by atoms with Gasteiger partial charge >= 0.3 is 11.9 Å². The molecule has 0 saturated heterocycles. The van der Waals surface area contributed by atoms with Crippen LogP contribution in [0.4, 0.5) is 0 Å². The molecule has 0 spiro atoms. The number of aromatic carboxylic acids is 2. The lowest BCUT2D eigenvalue weighted by atomic mass is 9.96. The number of carboxylic acids is 2. The van der Waals surface area contributed by atoms with E-state index in [4.69, 9.17) is 20.7 Å². The Balaban J connectivity index is 2.45. The van der Waals surface area contributed by atoms with Crippen LogP contribution in [0, 0.1) is 0 Å². The molecule has 0 saturated carbocycles. The third-order valence-corrected chi connectivity index (χ3v) is 3.65. The maximum atomic E-state index is 12.6. The van der Waals surface area contributed by atoms with Crippen LogP contribution >= 0.6 is 0 Å². The van der Waals surface area contributed by atoms with Crippen molar-refractivity contribution in [3.05, 3.63) is 69.8 Å². The standard InChI is InChI=1S/C17H14O9/c18-15(9-1-2-11(7-25-23)12(5-9)8-26-24)10-3-4-13(16(19)20)14(6-10)17(21)22/h1-6,23-24H,7-8H2,(H,19,20)(H,21,22). The summed E-state index contributed by atoms with van der Waals surface area (Å²) in [6, 6.07) is 7.53. The number of carbonyl (C=O) groups is 3. The van der Waals surface area contributed by atoms with Crippen LogP contribution in [0.3, 0.4) is 0 Å². The third-order valence-electron chi connectivity index (χ3n) is 3.65. The third kappa shape index (κ3) is 4.10. The molecule has 2 rings (SSSR count). The van der Waals surface area contributed by atoms with Gasteiger partial charge in [0.25, 0.3) is 0 Å². The molecule has 0 aromatic heterocycles. The molecule has 0 aliphatic rings. The predicted molar refractivity (Wildman–Crippen MR) is 85.1 cm³/mol. The summed E-state index contributed by atoms with van der Waals surface area (Å²) < 4.78 is 0. The monoisotopic (exact) mass is 362 g/mol. The molecule has 0 amide bonds. The zero-order chi connectivity index (χ0) is 19.3. The van der Waals surface area contributed by atoms with E-state index >= 15 is 0 Å². The summed E-state index contributed by atoms with van der Waals surface area (Å²) in [7, 11) is 0. The molecule has 0 bridgehead atoms. The second-order valence-corrected chi connectivity index (χ2v) is 5.23. The van der Waals surface area contributed by atoms with Gasteiger partial charge < -0.3 is 10.2 Å². The highest BCUT2D eigenvalue weighted by molar-refractivity contribution is 6.11. The van der Waals surface area contributed by atoms with E-state index in [-0.39, 0.29) is 24.3 Å². The summed E-state index contributed by atoms with van der Waals surface area (Å²) in [5.74, 6) is -3.45. The number of benzene rings is 2. The van der Waals surface area contributed by atoms with Crippen LogP contribution in [0.2, 0.25) is 0 Å². The summed E-state index contributed by atoms with van der Waals surface area (Å²) in [6.07, 6.45) is 0.